The number of carbonyl (C=O) groups is 1. The molecule has 0 fully saturated rings. The summed E-state index contributed by atoms with van der Waals surface area (Å²) in [6.45, 7) is 4.79. The summed E-state index contributed by atoms with van der Waals surface area (Å²) in [4.78, 5) is 12.1. The van der Waals surface area contributed by atoms with Crippen molar-refractivity contribution in [2.45, 2.75) is 26.6 Å². The van der Waals surface area contributed by atoms with Gasteiger partial charge in [-0.25, -0.2) is 4.79 Å². The van der Waals surface area contributed by atoms with Crippen LogP contribution in [0.2, 0.25) is 0 Å². The van der Waals surface area contributed by atoms with E-state index in [0.717, 1.165) is 10.4 Å². The van der Waals surface area contributed by atoms with E-state index in [0.29, 0.717) is 18.1 Å². The lowest BCUT2D eigenvalue weighted by Gasteiger charge is -2.11. The predicted molar refractivity (Wildman–Crippen MR) is 62.1 cm³/mol. The maximum absolute atomic E-state index is 10.8. The average Bonchev–Trinajstić information content (AvgIpc) is 2.58. The summed E-state index contributed by atoms with van der Waals surface area (Å²) in [7, 11) is 1.62. The average molecular weight is 244 g/mol. The Morgan fingerprint density at radius 2 is 2.31 bits per heavy atom. The molecule has 0 saturated carbocycles. The minimum absolute atomic E-state index is 0.0116. The van der Waals surface area contributed by atoms with Crippen LogP contribution in [0, 0.1) is 6.92 Å². The number of aryl methyl sites for hydroxylation is 1. The molecule has 0 bridgehead atoms. The molecule has 0 radical (unpaired) electrons. The second kappa shape index (κ2) is 5.98. The lowest BCUT2D eigenvalue weighted by molar-refractivity contribution is -0.000170. The van der Waals surface area contributed by atoms with E-state index in [-0.39, 0.29) is 6.10 Å². The van der Waals surface area contributed by atoms with Gasteiger partial charge in [0.15, 0.2) is 0 Å². The van der Waals surface area contributed by atoms with Gasteiger partial charge in [-0.1, -0.05) is 0 Å². The van der Waals surface area contributed by atoms with E-state index in [1.807, 2.05) is 13.8 Å². The molecule has 1 rings (SSSR count). The molecule has 1 aromatic heterocycles. The minimum atomic E-state index is -0.885. The van der Waals surface area contributed by atoms with Crippen LogP contribution < -0.4 is 0 Å². The van der Waals surface area contributed by atoms with Gasteiger partial charge in [0.05, 0.1) is 19.3 Å². The molecule has 16 heavy (non-hydrogen) atoms. The quantitative estimate of drug-likeness (QED) is 0.834. The number of ether oxygens (including phenoxy) is 2. The van der Waals surface area contributed by atoms with Gasteiger partial charge >= 0.3 is 5.97 Å². The van der Waals surface area contributed by atoms with Gasteiger partial charge in [0.2, 0.25) is 0 Å². The molecule has 0 spiro atoms. The Labute approximate surface area is 98.8 Å². The number of thiophene rings is 1. The van der Waals surface area contributed by atoms with E-state index >= 15 is 0 Å². The monoisotopic (exact) mass is 244 g/mol. The second-order valence-corrected chi connectivity index (χ2v) is 4.83. The molecule has 0 aliphatic carbocycles. The van der Waals surface area contributed by atoms with Crippen LogP contribution in [0.15, 0.2) is 6.07 Å². The number of carboxylic acids is 1. The molecule has 0 saturated heterocycles. The molecular formula is C11H16O4S. The molecule has 1 aromatic rings. The van der Waals surface area contributed by atoms with E-state index in [2.05, 4.69) is 0 Å². The molecule has 1 heterocycles. The Morgan fingerprint density at radius 1 is 1.62 bits per heavy atom. The Balaban J connectivity index is 2.57. The highest BCUT2D eigenvalue weighted by atomic mass is 32.1. The van der Waals surface area contributed by atoms with Gasteiger partial charge in [-0.15, -0.1) is 11.3 Å². The topological polar surface area (TPSA) is 55.8 Å². The van der Waals surface area contributed by atoms with Crippen molar-refractivity contribution in [3.63, 3.8) is 0 Å². The third kappa shape index (κ3) is 3.59. The maximum Gasteiger partial charge on any atom is 0.345 e. The number of rotatable bonds is 6. The molecule has 1 unspecified atom stereocenters. The fourth-order valence-electron chi connectivity index (χ4n) is 1.28. The third-order valence-corrected chi connectivity index (χ3v) is 3.24. The van der Waals surface area contributed by atoms with Crippen molar-refractivity contribution < 1.29 is 19.4 Å². The highest BCUT2D eigenvalue weighted by Gasteiger charge is 2.12. The van der Waals surface area contributed by atoms with Crippen molar-refractivity contribution >= 4 is 17.3 Å². The zero-order valence-corrected chi connectivity index (χ0v) is 10.5. The SMILES string of the molecule is COCC(C)OCc1cc(C(=O)O)sc1C. The molecule has 4 nitrogen and oxygen atoms in total. The zero-order chi connectivity index (χ0) is 12.1. The zero-order valence-electron chi connectivity index (χ0n) is 9.65. The molecule has 1 atom stereocenters. The van der Waals surface area contributed by atoms with Gasteiger partial charge in [0.25, 0.3) is 0 Å². The van der Waals surface area contributed by atoms with Gasteiger partial charge < -0.3 is 14.6 Å². The van der Waals surface area contributed by atoms with Gasteiger partial charge in [-0.3, -0.25) is 0 Å². The number of methoxy groups -OCH3 is 1. The first-order valence-corrected chi connectivity index (χ1v) is 5.79. The fraction of sp³-hybridized carbons (Fsp3) is 0.545. The van der Waals surface area contributed by atoms with E-state index in [4.69, 9.17) is 14.6 Å². The normalized spacial score (nSPS) is 12.7. The van der Waals surface area contributed by atoms with Gasteiger partial charge in [0, 0.05) is 12.0 Å². The van der Waals surface area contributed by atoms with Gasteiger partial charge in [0.1, 0.15) is 4.88 Å². The number of carboxylic acid groups (broad SMARTS) is 1. The van der Waals surface area contributed by atoms with Crippen LogP contribution in [0.1, 0.15) is 27.0 Å². The molecule has 0 aliphatic rings. The Morgan fingerprint density at radius 3 is 2.81 bits per heavy atom. The summed E-state index contributed by atoms with van der Waals surface area (Å²) in [6.07, 6.45) is 0.0116. The van der Waals surface area contributed by atoms with Gasteiger partial charge in [-0.2, -0.15) is 0 Å². The van der Waals surface area contributed by atoms with Crippen LogP contribution in [-0.4, -0.2) is 30.9 Å². The first kappa shape index (κ1) is 13.2. The first-order valence-electron chi connectivity index (χ1n) is 4.97. The largest absolute Gasteiger partial charge is 0.477 e. The molecule has 90 valence electrons. The molecule has 0 aromatic carbocycles. The Kier molecular flexibility index (Phi) is 4.92. The van der Waals surface area contributed by atoms with Crippen LogP contribution in [-0.2, 0) is 16.1 Å². The van der Waals surface area contributed by atoms with Crippen LogP contribution in [0.5, 0.6) is 0 Å². The molecule has 1 N–H and O–H groups in total. The van der Waals surface area contributed by atoms with Crippen LogP contribution in [0.4, 0.5) is 0 Å². The smallest absolute Gasteiger partial charge is 0.345 e. The molecule has 0 aliphatic heterocycles. The molecule has 0 amide bonds. The summed E-state index contributed by atoms with van der Waals surface area (Å²) in [5.41, 5.74) is 0.936. The van der Waals surface area contributed by atoms with Crippen LogP contribution in [0.3, 0.4) is 0 Å². The van der Waals surface area contributed by atoms with Crippen molar-refractivity contribution in [1.82, 2.24) is 0 Å². The first-order chi connectivity index (χ1) is 7.54. The van der Waals surface area contributed by atoms with Crippen molar-refractivity contribution in [3.8, 4) is 0 Å². The molecular weight excluding hydrogens is 228 g/mol. The van der Waals surface area contributed by atoms with Gasteiger partial charge in [-0.05, 0) is 25.5 Å². The summed E-state index contributed by atoms with van der Waals surface area (Å²) in [5.74, 6) is -0.885. The Bertz CT molecular complexity index is 359. The highest BCUT2D eigenvalue weighted by molar-refractivity contribution is 7.14. The standard InChI is InChI=1S/C11H16O4S/c1-7(5-14-3)15-6-9-4-10(11(12)13)16-8(9)2/h4,7H,5-6H2,1-3H3,(H,12,13). The van der Waals surface area contributed by atoms with E-state index in [1.54, 1.807) is 13.2 Å². The maximum atomic E-state index is 10.8. The lowest BCUT2D eigenvalue weighted by Crippen LogP contribution is -2.14. The van der Waals surface area contributed by atoms with E-state index in [9.17, 15) is 4.79 Å². The van der Waals surface area contributed by atoms with E-state index < -0.39 is 5.97 Å². The van der Waals surface area contributed by atoms with Crippen molar-refractivity contribution in [1.29, 1.82) is 0 Å². The van der Waals surface area contributed by atoms with Crippen molar-refractivity contribution in [3.05, 3.63) is 21.4 Å². The van der Waals surface area contributed by atoms with Crippen molar-refractivity contribution in [2.24, 2.45) is 0 Å². The highest BCUT2D eigenvalue weighted by Crippen LogP contribution is 2.22. The minimum Gasteiger partial charge on any atom is -0.477 e. The lowest BCUT2D eigenvalue weighted by atomic mass is 10.2. The summed E-state index contributed by atoms with van der Waals surface area (Å²) in [6, 6.07) is 1.67. The predicted octanol–water partition coefficient (Wildman–Crippen LogP) is 2.31. The second-order valence-electron chi connectivity index (χ2n) is 3.57. The van der Waals surface area contributed by atoms with Crippen LogP contribution in [0.25, 0.3) is 0 Å². The number of hydrogen-bond donors (Lipinski definition) is 1. The Hall–Kier alpha value is -0.910. The summed E-state index contributed by atoms with van der Waals surface area (Å²) >= 11 is 1.28. The third-order valence-electron chi connectivity index (χ3n) is 2.16. The fourth-order valence-corrected chi connectivity index (χ4v) is 2.15. The number of aromatic carboxylic acids is 1. The molecule has 5 heteroatoms. The number of hydrogen-bond acceptors (Lipinski definition) is 4. The summed E-state index contributed by atoms with van der Waals surface area (Å²) in [5, 5.41) is 8.83. The van der Waals surface area contributed by atoms with Crippen LogP contribution >= 0.6 is 11.3 Å². The summed E-state index contributed by atoms with van der Waals surface area (Å²) < 4.78 is 10.5. The van der Waals surface area contributed by atoms with E-state index in [1.165, 1.54) is 11.3 Å². The van der Waals surface area contributed by atoms with Crippen molar-refractivity contribution in [2.75, 3.05) is 13.7 Å².